The van der Waals surface area contributed by atoms with Crippen LogP contribution in [0.3, 0.4) is 0 Å². The van der Waals surface area contributed by atoms with Crippen LogP contribution in [0.5, 0.6) is 0 Å². The lowest BCUT2D eigenvalue weighted by atomic mass is 9.89. The van der Waals surface area contributed by atoms with Crippen LogP contribution in [0.1, 0.15) is 41.6 Å². The second-order valence-electron chi connectivity index (χ2n) is 7.34. The van der Waals surface area contributed by atoms with Gasteiger partial charge in [-0.05, 0) is 68.6 Å². The molecule has 1 amide bonds. The number of hydrogen-bond donors (Lipinski definition) is 2. The molecule has 0 aliphatic carbocycles. The zero-order valence-electron chi connectivity index (χ0n) is 15.9. The van der Waals surface area contributed by atoms with Crippen LogP contribution in [0, 0.1) is 0 Å². The fourth-order valence-electron chi connectivity index (χ4n) is 4.01. The lowest BCUT2D eigenvalue weighted by Crippen LogP contribution is -2.38. The molecule has 0 saturated carbocycles. The summed E-state index contributed by atoms with van der Waals surface area (Å²) in [7, 11) is 0. The summed E-state index contributed by atoms with van der Waals surface area (Å²) in [5, 5.41) is 4.08. The van der Waals surface area contributed by atoms with Crippen LogP contribution in [0.15, 0.2) is 48.8 Å². The van der Waals surface area contributed by atoms with Crippen molar-refractivity contribution in [2.45, 2.75) is 25.7 Å². The van der Waals surface area contributed by atoms with Crippen LogP contribution in [0.25, 0.3) is 11.0 Å². The van der Waals surface area contributed by atoms with E-state index in [-0.39, 0.29) is 11.7 Å². The van der Waals surface area contributed by atoms with Gasteiger partial charge in [0.25, 0.3) is 0 Å². The number of aromatic nitrogens is 2. The maximum atomic E-state index is 12.5. The highest BCUT2D eigenvalue weighted by Crippen LogP contribution is 2.32. The number of benzene rings is 1. The van der Waals surface area contributed by atoms with E-state index in [0.29, 0.717) is 23.7 Å². The number of nitrogens with zero attached hydrogens (tertiary/aromatic N) is 2. The molecule has 0 radical (unpaired) electrons. The number of pyridine rings is 1. The van der Waals surface area contributed by atoms with E-state index in [1.807, 2.05) is 12.1 Å². The number of hydrogen-bond acceptors (Lipinski definition) is 4. The number of Topliss-reactive ketones (excluding diaryl/α,β-unsaturated/α-hetero) is 1. The fourth-order valence-corrected chi connectivity index (χ4v) is 4.01. The molecule has 0 unspecified atom stereocenters. The van der Waals surface area contributed by atoms with Crippen LogP contribution < -0.4 is 5.32 Å². The van der Waals surface area contributed by atoms with Crippen molar-refractivity contribution >= 4 is 28.4 Å². The average Bonchev–Trinajstić information content (AvgIpc) is 3.13. The monoisotopic (exact) mass is 376 g/mol. The number of aromatic amines is 1. The summed E-state index contributed by atoms with van der Waals surface area (Å²) in [4.78, 5) is 34.0. The van der Waals surface area contributed by atoms with Gasteiger partial charge in [0.05, 0.1) is 12.2 Å². The molecule has 3 aromatic rings. The molecule has 1 saturated heterocycles. The number of fused-ring (bicyclic) bond motifs is 1. The Labute approximate surface area is 164 Å². The van der Waals surface area contributed by atoms with Gasteiger partial charge < -0.3 is 10.3 Å². The number of H-pyrrole nitrogens is 1. The van der Waals surface area contributed by atoms with Gasteiger partial charge in [0, 0.05) is 23.3 Å². The quantitative estimate of drug-likeness (QED) is 0.667. The Bertz CT molecular complexity index is 1000. The minimum absolute atomic E-state index is 0.0510. The lowest BCUT2D eigenvalue weighted by Gasteiger charge is -2.31. The lowest BCUT2D eigenvalue weighted by molar-refractivity contribution is -0.117. The Kier molecular flexibility index (Phi) is 5.21. The molecule has 2 aromatic heterocycles. The number of carbonyl (C=O) groups is 2. The largest absolute Gasteiger partial charge is 0.346 e. The third-order valence-corrected chi connectivity index (χ3v) is 5.46. The summed E-state index contributed by atoms with van der Waals surface area (Å²) in [6.45, 7) is 3.60. The minimum atomic E-state index is -0.0801. The molecule has 0 spiro atoms. The van der Waals surface area contributed by atoms with Crippen molar-refractivity contribution < 1.29 is 9.59 Å². The van der Waals surface area contributed by atoms with Crippen molar-refractivity contribution in [2.75, 3.05) is 25.0 Å². The summed E-state index contributed by atoms with van der Waals surface area (Å²) >= 11 is 0. The summed E-state index contributed by atoms with van der Waals surface area (Å²) in [6.07, 6.45) is 5.90. The normalized spacial score (nSPS) is 15.6. The van der Waals surface area contributed by atoms with Gasteiger partial charge in [-0.3, -0.25) is 14.5 Å². The Morgan fingerprint density at radius 3 is 2.75 bits per heavy atom. The van der Waals surface area contributed by atoms with E-state index in [9.17, 15) is 9.59 Å². The van der Waals surface area contributed by atoms with Gasteiger partial charge in [0.2, 0.25) is 5.91 Å². The minimum Gasteiger partial charge on any atom is -0.346 e. The standard InChI is InChI=1S/C22H24N4O2/c1-15(27)17-5-2-3-7-20(17)25-21(28)14-26-11-8-16(9-12-26)19-13-24-22-18(19)6-4-10-23-22/h2-7,10,13,16H,8-9,11-12,14H2,1H3,(H,23,24)(H,25,28). The first-order valence-electron chi connectivity index (χ1n) is 9.66. The Morgan fingerprint density at radius 2 is 1.96 bits per heavy atom. The van der Waals surface area contributed by atoms with Gasteiger partial charge in [-0.1, -0.05) is 12.1 Å². The average molecular weight is 376 g/mol. The van der Waals surface area contributed by atoms with Crippen molar-refractivity contribution in [1.82, 2.24) is 14.9 Å². The fraction of sp³-hybridized carbons (Fsp3) is 0.318. The van der Waals surface area contributed by atoms with Gasteiger partial charge in [-0.25, -0.2) is 4.98 Å². The van der Waals surface area contributed by atoms with Gasteiger partial charge >= 0.3 is 0 Å². The summed E-state index contributed by atoms with van der Waals surface area (Å²) in [5.74, 6) is 0.351. The second kappa shape index (κ2) is 7.94. The molecule has 0 bridgehead atoms. The topological polar surface area (TPSA) is 78.1 Å². The highest BCUT2D eigenvalue weighted by atomic mass is 16.2. The molecular weight excluding hydrogens is 352 g/mol. The summed E-state index contributed by atoms with van der Waals surface area (Å²) < 4.78 is 0. The number of ketones is 1. The van der Waals surface area contributed by atoms with E-state index >= 15 is 0 Å². The molecule has 1 aliphatic rings. The van der Waals surface area contributed by atoms with E-state index in [0.717, 1.165) is 31.6 Å². The first-order valence-corrected chi connectivity index (χ1v) is 9.66. The molecule has 28 heavy (non-hydrogen) atoms. The number of rotatable bonds is 5. The van der Waals surface area contributed by atoms with Crippen molar-refractivity contribution in [3.8, 4) is 0 Å². The summed E-state index contributed by atoms with van der Waals surface area (Å²) in [5.41, 5.74) is 3.38. The van der Waals surface area contributed by atoms with Gasteiger partial charge in [-0.2, -0.15) is 0 Å². The van der Waals surface area contributed by atoms with Crippen LogP contribution in [-0.2, 0) is 4.79 Å². The zero-order valence-corrected chi connectivity index (χ0v) is 15.9. The van der Waals surface area contributed by atoms with Crippen LogP contribution in [-0.4, -0.2) is 46.2 Å². The van der Waals surface area contributed by atoms with Crippen LogP contribution >= 0.6 is 0 Å². The SMILES string of the molecule is CC(=O)c1ccccc1NC(=O)CN1CCC(c2c[nH]c3ncccc23)CC1. The number of likely N-dealkylation sites (tertiary alicyclic amines) is 1. The third kappa shape index (κ3) is 3.82. The number of para-hydroxylation sites is 1. The number of nitrogens with one attached hydrogen (secondary N) is 2. The van der Waals surface area contributed by atoms with Gasteiger partial charge in [0.15, 0.2) is 5.78 Å². The zero-order chi connectivity index (χ0) is 19.5. The molecular formula is C22H24N4O2. The van der Waals surface area contributed by atoms with E-state index in [1.165, 1.54) is 17.9 Å². The maximum Gasteiger partial charge on any atom is 0.238 e. The van der Waals surface area contributed by atoms with Crippen molar-refractivity contribution in [3.05, 3.63) is 59.9 Å². The Morgan fingerprint density at radius 1 is 1.18 bits per heavy atom. The van der Waals surface area contributed by atoms with E-state index in [2.05, 4.69) is 32.4 Å². The van der Waals surface area contributed by atoms with E-state index in [1.54, 1.807) is 24.4 Å². The first kappa shape index (κ1) is 18.4. The van der Waals surface area contributed by atoms with Crippen molar-refractivity contribution in [1.29, 1.82) is 0 Å². The Balaban J connectivity index is 1.34. The number of carbonyl (C=O) groups excluding carboxylic acids is 2. The molecule has 1 aromatic carbocycles. The highest BCUT2D eigenvalue weighted by Gasteiger charge is 2.24. The highest BCUT2D eigenvalue weighted by molar-refractivity contribution is 6.04. The van der Waals surface area contributed by atoms with Gasteiger partial charge in [0.1, 0.15) is 5.65 Å². The van der Waals surface area contributed by atoms with Gasteiger partial charge in [-0.15, -0.1) is 0 Å². The van der Waals surface area contributed by atoms with E-state index in [4.69, 9.17) is 0 Å². The third-order valence-electron chi connectivity index (χ3n) is 5.46. The molecule has 2 N–H and O–H groups in total. The van der Waals surface area contributed by atoms with Crippen LogP contribution in [0.2, 0.25) is 0 Å². The molecule has 144 valence electrons. The number of anilines is 1. The first-order chi connectivity index (χ1) is 13.6. The molecule has 0 atom stereocenters. The predicted octanol–water partition coefficient (Wildman–Crippen LogP) is 3.58. The molecule has 3 heterocycles. The van der Waals surface area contributed by atoms with Crippen molar-refractivity contribution in [3.63, 3.8) is 0 Å². The second-order valence-corrected chi connectivity index (χ2v) is 7.34. The molecule has 6 heteroatoms. The number of piperidine rings is 1. The summed E-state index contributed by atoms with van der Waals surface area (Å²) in [6, 6.07) is 11.2. The predicted molar refractivity (Wildman–Crippen MR) is 110 cm³/mol. The van der Waals surface area contributed by atoms with E-state index < -0.39 is 0 Å². The molecule has 6 nitrogen and oxygen atoms in total. The smallest absolute Gasteiger partial charge is 0.238 e. The maximum absolute atomic E-state index is 12.5. The Hall–Kier alpha value is -2.99. The van der Waals surface area contributed by atoms with Crippen LogP contribution in [0.4, 0.5) is 5.69 Å². The molecule has 4 rings (SSSR count). The van der Waals surface area contributed by atoms with Crippen molar-refractivity contribution in [2.24, 2.45) is 0 Å². The molecule has 1 aliphatic heterocycles. The molecule has 1 fully saturated rings. The number of amides is 1.